The van der Waals surface area contributed by atoms with E-state index in [4.69, 9.17) is 11.5 Å². The van der Waals surface area contributed by atoms with Crippen LogP contribution in [-0.4, -0.2) is 19.9 Å². The van der Waals surface area contributed by atoms with Crippen LogP contribution in [0.4, 0.5) is 22.0 Å². The molecule has 0 aliphatic rings. The normalized spacial score (nSPS) is 10.3. The number of rotatable bonds is 2. The van der Waals surface area contributed by atoms with Gasteiger partial charge in [0.2, 0.25) is 11.9 Å². The van der Waals surface area contributed by atoms with Gasteiger partial charge in [0.1, 0.15) is 5.82 Å². The first-order chi connectivity index (χ1) is 8.47. The molecule has 0 spiro atoms. The number of nitro groups is 1. The van der Waals surface area contributed by atoms with Gasteiger partial charge in [-0.25, -0.2) is 4.39 Å². The molecule has 1 heterocycles. The zero-order valence-electron chi connectivity index (χ0n) is 8.87. The van der Waals surface area contributed by atoms with Crippen LogP contribution in [0.1, 0.15) is 0 Å². The summed E-state index contributed by atoms with van der Waals surface area (Å²) in [6.45, 7) is 0. The van der Waals surface area contributed by atoms with Gasteiger partial charge in [0.25, 0.3) is 5.69 Å². The van der Waals surface area contributed by atoms with Crippen LogP contribution in [0.3, 0.4) is 0 Å². The molecule has 1 aromatic carbocycles. The van der Waals surface area contributed by atoms with Crippen molar-refractivity contribution in [3.05, 3.63) is 34.1 Å². The Morgan fingerprint density at radius 1 is 1.17 bits per heavy atom. The van der Waals surface area contributed by atoms with Crippen LogP contribution in [0.25, 0.3) is 11.4 Å². The van der Waals surface area contributed by atoms with E-state index in [0.717, 1.165) is 12.1 Å². The van der Waals surface area contributed by atoms with Crippen LogP contribution in [-0.2, 0) is 0 Å². The summed E-state index contributed by atoms with van der Waals surface area (Å²) in [5.74, 6) is -1.23. The molecule has 0 saturated heterocycles. The van der Waals surface area contributed by atoms with E-state index in [1.807, 2.05) is 0 Å². The Kier molecular flexibility index (Phi) is 2.72. The number of hydrogen-bond acceptors (Lipinski definition) is 7. The van der Waals surface area contributed by atoms with E-state index >= 15 is 0 Å². The molecule has 0 atom stereocenters. The molecule has 9 heteroatoms. The average molecular weight is 250 g/mol. The lowest BCUT2D eigenvalue weighted by atomic mass is 10.2. The highest BCUT2D eigenvalue weighted by Crippen LogP contribution is 2.24. The number of aromatic nitrogens is 3. The molecule has 0 amide bonds. The number of benzene rings is 1. The van der Waals surface area contributed by atoms with E-state index in [9.17, 15) is 14.5 Å². The molecule has 92 valence electrons. The first-order valence-corrected chi connectivity index (χ1v) is 4.68. The predicted octanol–water partition coefficient (Wildman–Crippen LogP) is 0.750. The van der Waals surface area contributed by atoms with Crippen molar-refractivity contribution in [2.45, 2.75) is 0 Å². The van der Waals surface area contributed by atoms with E-state index in [0.29, 0.717) is 0 Å². The maximum atomic E-state index is 13.7. The largest absolute Gasteiger partial charge is 0.368 e. The fourth-order valence-electron chi connectivity index (χ4n) is 1.33. The third-order valence-electron chi connectivity index (χ3n) is 2.07. The van der Waals surface area contributed by atoms with Crippen molar-refractivity contribution in [3.63, 3.8) is 0 Å². The molecule has 0 aliphatic heterocycles. The summed E-state index contributed by atoms with van der Waals surface area (Å²) in [6, 6.07) is 3.09. The Hall–Kier alpha value is -2.84. The summed E-state index contributed by atoms with van der Waals surface area (Å²) in [5.41, 5.74) is 10.3. The molecule has 0 unspecified atom stereocenters. The quantitative estimate of drug-likeness (QED) is 0.593. The molecule has 2 rings (SSSR count). The zero-order valence-corrected chi connectivity index (χ0v) is 8.87. The van der Waals surface area contributed by atoms with E-state index in [1.165, 1.54) is 6.07 Å². The van der Waals surface area contributed by atoms with Gasteiger partial charge in [0.15, 0.2) is 5.82 Å². The lowest BCUT2D eigenvalue weighted by Crippen LogP contribution is -2.05. The van der Waals surface area contributed by atoms with Crippen molar-refractivity contribution >= 4 is 17.6 Å². The van der Waals surface area contributed by atoms with Gasteiger partial charge >= 0.3 is 0 Å². The number of hydrogen-bond donors (Lipinski definition) is 2. The topological polar surface area (TPSA) is 134 Å². The monoisotopic (exact) mass is 250 g/mol. The Labute approximate surface area is 99.6 Å². The third-order valence-corrected chi connectivity index (χ3v) is 2.07. The van der Waals surface area contributed by atoms with Crippen molar-refractivity contribution in [1.29, 1.82) is 0 Å². The van der Waals surface area contributed by atoms with Crippen LogP contribution in [0.15, 0.2) is 18.2 Å². The second-order valence-corrected chi connectivity index (χ2v) is 3.30. The van der Waals surface area contributed by atoms with Crippen molar-refractivity contribution in [1.82, 2.24) is 15.0 Å². The number of non-ortho nitro benzene ring substituents is 1. The van der Waals surface area contributed by atoms with Gasteiger partial charge in [-0.3, -0.25) is 10.1 Å². The number of anilines is 2. The lowest BCUT2D eigenvalue weighted by molar-refractivity contribution is -0.385. The first-order valence-electron chi connectivity index (χ1n) is 4.68. The van der Waals surface area contributed by atoms with Crippen molar-refractivity contribution in [2.24, 2.45) is 0 Å². The number of halogens is 1. The Balaban J connectivity index is 2.54. The molecule has 0 aliphatic carbocycles. The minimum atomic E-state index is -0.839. The summed E-state index contributed by atoms with van der Waals surface area (Å²) in [7, 11) is 0. The average Bonchev–Trinajstić information content (AvgIpc) is 2.27. The number of nitrogen functional groups attached to an aromatic ring is 2. The summed E-state index contributed by atoms with van der Waals surface area (Å²) in [6.07, 6.45) is 0. The zero-order chi connectivity index (χ0) is 13.3. The van der Waals surface area contributed by atoms with Gasteiger partial charge in [-0.1, -0.05) is 0 Å². The number of nitrogens with zero attached hydrogens (tertiary/aromatic N) is 4. The summed E-state index contributed by atoms with van der Waals surface area (Å²) < 4.78 is 13.7. The van der Waals surface area contributed by atoms with E-state index in [2.05, 4.69) is 15.0 Å². The van der Waals surface area contributed by atoms with Gasteiger partial charge in [-0.15, -0.1) is 0 Å². The standard InChI is InChI=1S/C9H7FN6O2/c10-6-3-4(16(17)18)1-2-5(6)7-13-8(11)15-9(12)14-7/h1-3H,(H4,11,12,13,14,15). The number of nitro benzene ring substituents is 1. The van der Waals surface area contributed by atoms with Crippen LogP contribution >= 0.6 is 0 Å². The molecule has 4 N–H and O–H groups in total. The maximum Gasteiger partial charge on any atom is 0.272 e. The van der Waals surface area contributed by atoms with Gasteiger partial charge in [-0.05, 0) is 6.07 Å². The van der Waals surface area contributed by atoms with Crippen LogP contribution in [0.5, 0.6) is 0 Å². The fraction of sp³-hybridized carbons (Fsp3) is 0. The van der Waals surface area contributed by atoms with Gasteiger partial charge in [0, 0.05) is 6.07 Å². The lowest BCUT2D eigenvalue weighted by Gasteiger charge is -2.03. The highest BCUT2D eigenvalue weighted by molar-refractivity contribution is 5.60. The molecular weight excluding hydrogens is 243 g/mol. The van der Waals surface area contributed by atoms with Crippen molar-refractivity contribution in [2.75, 3.05) is 11.5 Å². The molecule has 0 bridgehead atoms. The molecule has 18 heavy (non-hydrogen) atoms. The summed E-state index contributed by atoms with van der Waals surface area (Å²) >= 11 is 0. The molecule has 0 radical (unpaired) electrons. The van der Waals surface area contributed by atoms with Gasteiger partial charge < -0.3 is 11.5 Å². The second-order valence-electron chi connectivity index (χ2n) is 3.30. The summed E-state index contributed by atoms with van der Waals surface area (Å²) in [5, 5.41) is 10.5. The van der Waals surface area contributed by atoms with Crippen LogP contribution in [0, 0.1) is 15.9 Å². The third kappa shape index (κ3) is 2.14. The molecule has 0 saturated carbocycles. The Morgan fingerprint density at radius 3 is 2.28 bits per heavy atom. The predicted molar refractivity (Wildman–Crippen MR) is 60.7 cm³/mol. The molecular formula is C9H7FN6O2. The van der Waals surface area contributed by atoms with Gasteiger partial charge in [-0.2, -0.15) is 15.0 Å². The maximum absolute atomic E-state index is 13.7. The highest BCUT2D eigenvalue weighted by atomic mass is 19.1. The summed E-state index contributed by atoms with van der Waals surface area (Å²) in [4.78, 5) is 20.7. The SMILES string of the molecule is Nc1nc(N)nc(-c2ccc([N+](=O)[O-])cc2F)n1. The molecule has 8 nitrogen and oxygen atoms in total. The van der Waals surface area contributed by atoms with Crippen LogP contribution in [0.2, 0.25) is 0 Å². The fourth-order valence-corrected chi connectivity index (χ4v) is 1.33. The Bertz CT molecular complexity index is 612. The van der Waals surface area contributed by atoms with Crippen molar-refractivity contribution < 1.29 is 9.31 Å². The van der Waals surface area contributed by atoms with E-state index < -0.39 is 10.7 Å². The minimum Gasteiger partial charge on any atom is -0.368 e. The van der Waals surface area contributed by atoms with E-state index in [1.54, 1.807) is 0 Å². The minimum absolute atomic E-state index is 0.0404. The molecule has 2 aromatic rings. The molecule has 0 fully saturated rings. The van der Waals surface area contributed by atoms with Gasteiger partial charge in [0.05, 0.1) is 16.6 Å². The van der Waals surface area contributed by atoms with Crippen LogP contribution < -0.4 is 11.5 Å². The van der Waals surface area contributed by atoms with Crippen molar-refractivity contribution in [3.8, 4) is 11.4 Å². The number of nitrogens with two attached hydrogens (primary N) is 2. The molecule has 1 aromatic heterocycles. The Morgan fingerprint density at radius 2 is 1.78 bits per heavy atom. The highest BCUT2D eigenvalue weighted by Gasteiger charge is 2.14. The van der Waals surface area contributed by atoms with E-state index in [-0.39, 0.29) is 29.0 Å². The first kappa shape index (κ1) is 11.6. The second kappa shape index (κ2) is 4.20. The smallest absolute Gasteiger partial charge is 0.272 e.